The molecule has 1 aromatic heterocycles. The zero-order chi connectivity index (χ0) is 17.1. The number of carbonyl (C=O) groups is 1. The summed E-state index contributed by atoms with van der Waals surface area (Å²) in [6.07, 6.45) is 0. The van der Waals surface area contributed by atoms with Gasteiger partial charge in [0.1, 0.15) is 0 Å². The van der Waals surface area contributed by atoms with E-state index in [4.69, 9.17) is 21.9 Å². The highest BCUT2D eigenvalue weighted by molar-refractivity contribution is 6.31. The highest BCUT2D eigenvalue weighted by atomic mass is 35.5. The van der Waals surface area contributed by atoms with Gasteiger partial charge in [-0.15, -0.1) is 0 Å². The second-order valence-corrected chi connectivity index (χ2v) is 5.72. The molecule has 6 nitrogen and oxygen atoms in total. The minimum Gasteiger partial charge on any atom is -0.375 e. The van der Waals surface area contributed by atoms with E-state index in [1.54, 1.807) is 18.2 Å². The molecule has 0 atom stereocenters. The van der Waals surface area contributed by atoms with Gasteiger partial charge in [0.15, 0.2) is 0 Å². The number of hydrogen-bond acceptors (Lipinski definition) is 5. The predicted octanol–water partition coefficient (Wildman–Crippen LogP) is 3.41. The molecule has 7 heteroatoms. The summed E-state index contributed by atoms with van der Waals surface area (Å²) in [4.78, 5) is 15.8. The van der Waals surface area contributed by atoms with Crippen molar-refractivity contribution in [2.45, 2.75) is 13.5 Å². The van der Waals surface area contributed by atoms with E-state index in [0.29, 0.717) is 28.0 Å². The first-order valence-corrected chi connectivity index (χ1v) is 7.63. The fourth-order valence-corrected chi connectivity index (χ4v) is 2.37. The molecule has 3 N–H and O–H groups in total. The fourth-order valence-electron chi connectivity index (χ4n) is 2.19. The van der Waals surface area contributed by atoms with Crippen molar-refractivity contribution in [3.05, 3.63) is 64.5 Å². The average Bonchev–Trinajstić information content (AvgIpc) is 3.02. The summed E-state index contributed by atoms with van der Waals surface area (Å²) in [7, 11) is 0. The maximum atomic E-state index is 11.4. The van der Waals surface area contributed by atoms with Crippen LogP contribution in [0.1, 0.15) is 21.8 Å². The molecule has 1 heterocycles. The molecule has 24 heavy (non-hydrogen) atoms. The molecule has 3 rings (SSSR count). The number of aromatic nitrogens is 2. The molecular weight excluding hydrogens is 328 g/mol. The SMILES string of the molecule is Cc1ccc(-c2noc(CNc3cc(Cl)ccc3C(N)=O)n2)cc1. The molecule has 0 aliphatic carbocycles. The first kappa shape index (κ1) is 16.0. The molecule has 0 spiro atoms. The molecule has 2 aromatic carbocycles. The van der Waals surface area contributed by atoms with Crippen molar-refractivity contribution >= 4 is 23.2 Å². The lowest BCUT2D eigenvalue weighted by atomic mass is 10.1. The van der Waals surface area contributed by atoms with Crippen LogP contribution in [0.2, 0.25) is 5.02 Å². The first-order chi connectivity index (χ1) is 11.5. The zero-order valence-electron chi connectivity index (χ0n) is 12.9. The number of nitrogens with two attached hydrogens (primary N) is 1. The number of nitrogens with zero attached hydrogens (tertiary/aromatic N) is 2. The standard InChI is InChI=1S/C17H15ClN4O2/c1-10-2-4-11(5-3-10)17-21-15(24-22-17)9-20-14-8-12(18)6-7-13(14)16(19)23/h2-8,20H,9H2,1H3,(H2,19,23). The molecular formula is C17H15ClN4O2. The van der Waals surface area contributed by atoms with Gasteiger partial charge >= 0.3 is 0 Å². The lowest BCUT2D eigenvalue weighted by Gasteiger charge is -2.08. The Morgan fingerprint density at radius 3 is 2.71 bits per heavy atom. The van der Waals surface area contributed by atoms with Gasteiger partial charge < -0.3 is 15.6 Å². The molecule has 0 radical (unpaired) electrons. The Hall–Kier alpha value is -2.86. The number of rotatable bonds is 5. The average molecular weight is 343 g/mol. The number of primary amides is 1. The monoisotopic (exact) mass is 342 g/mol. The summed E-state index contributed by atoms with van der Waals surface area (Å²) >= 11 is 5.96. The third-order valence-electron chi connectivity index (χ3n) is 3.45. The van der Waals surface area contributed by atoms with Crippen LogP contribution in [-0.4, -0.2) is 16.0 Å². The summed E-state index contributed by atoms with van der Waals surface area (Å²) in [5, 5.41) is 7.50. The van der Waals surface area contributed by atoms with Gasteiger partial charge in [-0.25, -0.2) is 0 Å². The van der Waals surface area contributed by atoms with Crippen molar-refractivity contribution in [1.29, 1.82) is 0 Å². The van der Waals surface area contributed by atoms with Crippen LogP contribution in [0.5, 0.6) is 0 Å². The summed E-state index contributed by atoms with van der Waals surface area (Å²) in [5.74, 6) is 0.356. The number of amides is 1. The molecule has 3 aromatic rings. The van der Waals surface area contributed by atoms with Gasteiger partial charge in [-0.05, 0) is 25.1 Å². The molecule has 0 saturated carbocycles. The summed E-state index contributed by atoms with van der Waals surface area (Å²) in [6, 6.07) is 12.6. The quantitative estimate of drug-likeness (QED) is 0.741. The highest BCUT2D eigenvalue weighted by Crippen LogP contribution is 2.22. The number of hydrogen-bond donors (Lipinski definition) is 2. The summed E-state index contributed by atoms with van der Waals surface area (Å²) in [6.45, 7) is 2.26. The Balaban J connectivity index is 1.75. The van der Waals surface area contributed by atoms with E-state index in [-0.39, 0.29) is 6.54 Å². The topological polar surface area (TPSA) is 94.0 Å². The second kappa shape index (κ2) is 6.72. The normalized spacial score (nSPS) is 10.6. The van der Waals surface area contributed by atoms with Crippen LogP contribution in [0.15, 0.2) is 47.0 Å². The predicted molar refractivity (Wildman–Crippen MR) is 91.8 cm³/mol. The lowest BCUT2D eigenvalue weighted by Crippen LogP contribution is -2.14. The Bertz CT molecular complexity index is 875. The van der Waals surface area contributed by atoms with Gasteiger partial charge in [0, 0.05) is 16.3 Å². The molecule has 0 bridgehead atoms. The van der Waals surface area contributed by atoms with Crippen LogP contribution in [-0.2, 0) is 6.54 Å². The highest BCUT2D eigenvalue weighted by Gasteiger charge is 2.12. The van der Waals surface area contributed by atoms with E-state index < -0.39 is 5.91 Å². The summed E-state index contributed by atoms with van der Waals surface area (Å²) in [5.41, 5.74) is 8.24. The van der Waals surface area contributed by atoms with Crippen LogP contribution in [0, 0.1) is 6.92 Å². The number of anilines is 1. The number of aryl methyl sites for hydroxylation is 1. The number of carbonyl (C=O) groups excluding carboxylic acids is 1. The van der Waals surface area contributed by atoms with Crippen molar-refractivity contribution in [1.82, 2.24) is 10.1 Å². The molecule has 0 aliphatic rings. The Morgan fingerprint density at radius 1 is 1.25 bits per heavy atom. The number of nitrogens with one attached hydrogen (secondary N) is 1. The van der Waals surface area contributed by atoms with Crippen LogP contribution in [0.4, 0.5) is 5.69 Å². The van der Waals surface area contributed by atoms with Crippen molar-refractivity contribution in [2.75, 3.05) is 5.32 Å². The minimum absolute atomic E-state index is 0.249. The van der Waals surface area contributed by atoms with E-state index in [1.165, 1.54) is 0 Å². The number of benzene rings is 2. The van der Waals surface area contributed by atoms with Crippen LogP contribution >= 0.6 is 11.6 Å². The smallest absolute Gasteiger partial charge is 0.250 e. The van der Waals surface area contributed by atoms with E-state index in [0.717, 1.165) is 11.1 Å². The van der Waals surface area contributed by atoms with Crippen molar-refractivity contribution in [2.24, 2.45) is 5.73 Å². The van der Waals surface area contributed by atoms with Crippen molar-refractivity contribution in [3.8, 4) is 11.4 Å². The van der Waals surface area contributed by atoms with Crippen LogP contribution in [0.25, 0.3) is 11.4 Å². The van der Waals surface area contributed by atoms with Crippen molar-refractivity contribution in [3.63, 3.8) is 0 Å². The number of halogens is 1. The van der Waals surface area contributed by atoms with Gasteiger partial charge in [-0.1, -0.05) is 46.6 Å². The molecule has 0 fully saturated rings. The van der Waals surface area contributed by atoms with E-state index in [1.807, 2.05) is 31.2 Å². The van der Waals surface area contributed by atoms with Gasteiger partial charge in [-0.2, -0.15) is 4.98 Å². The Kier molecular flexibility index (Phi) is 4.48. The third kappa shape index (κ3) is 3.55. The largest absolute Gasteiger partial charge is 0.375 e. The molecule has 122 valence electrons. The van der Waals surface area contributed by atoms with E-state index in [9.17, 15) is 4.79 Å². The zero-order valence-corrected chi connectivity index (χ0v) is 13.7. The van der Waals surface area contributed by atoms with Crippen LogP contribution < -0.4 is 11.1 Å². The maximum Gasteiger partial charge on any atom is 0.250 e. The van der Waals surface area contributed by atoms with E-state index in [2.05, 4.69) is 15.5 Å². The van der Waals surface area contributed by atoms with E-state index >= 15 is 0 Å². The van der Waals surface area contributed by atoms with Gasteiger partial charge in [-0.3, -0.25) is 4.79 Å². The molecule has 0 aliphatic heterocycles. The lowest BCUT2D eigenvalue weighted by molar-refractivity contribution is 0.100. The maximum absolute atomic E-state index is 11.4. The third-order valence-corrected chi connectivity index (χ3v) is 3.69. The molecule has 1 amide bonds. The summed E-state index contributed by atoms with van der Waals surface area (Å²) < 4.78 is 5.23. The van der Waals surface area contributed by atoms with Crippen LogP contribution in [0.3, 0.4) is 0 Å². The Morgan fingerprint density at radius 2 is 2.00 bits per heavy atom. The molecule has 0 unspecified atom stereocenters. The van der Waals surface area contributed by atoms with Gasteiger partial charge in [0.05, 0.1) is 12.1 Å². The fraction of sp³-hybridized carbons (Fsp3) is 0.118. The second-order valence-electron chi connectivity index (χ2n) is 5.29. The van der Waals surface area contributed by atoms with Crippen molar-refractivity contribution < 1.29 is 9.32 Å². The minimum atomic E-state index is -0.542. The Labute approximate surface area is 143 Å². The first-order valence-electron chi connectivity index (χ1n) is 7.26. The molecule has 0 saturated heterocycles. The van der Waals surface area contributed by atoms with Gasteiger partial charge in [0.2, 0.25) is 11.7 Å². The van der Waals surface area contributed by atoms with Gasteiger partial charge in [0.25, 0.3) is 5.91 Å².